The van der Waals surface area contributed by atoms with Gasteiger partial charge in [0.2, 0.25) is 0 Å². The Kier molecular flexibility index (Phi) is 4.63. The highest BCUT2D eigenvalue weighted by molar-refractivity contribution is 7.96. The Morgan fingerprint density at radius 1 is 1.00 bits per heavy atom. The first-order valence-electron chi connectivity index (χ1n) is 8.00. The van der Waals surface area contributed by atoms with Crippen LogP contribution in [0.15, 0.2) is 53.4 Å². The molecule has 1 N–H and O–H groups in total. The lowest BCUT2D eigenvalue weighted by Crippen LogP contribution is -2.21. The number of hydrogen-bond donors (Lipinski definition) is 1. The number of allylic oxidation sites excluding steroid dienone is 1. The largest absolute Gasteiger partial charge is 0.345 e. The second-order valence-corrected chi connectivity index (χ2v) is 7.93. The number of aryl methyl sites for hydroxylation is 1. The zero-order valence-electron chi connectivity index (χ0n) is 14.2. The summed E-state index contributed by atoms with van der Waals surface area (Å²) >= 11 is 0. The number of benzene rings is 2. The Balaban J connectivity index is 1.81. The molecule has 0 spiro atoms. The summed E-state index contributed by atoms with van der Waals surface area (Å²) in [5, 5.41) is 0. The first-order chi connectivity index (χ1) is 11.9. The molecule has 0 fully saturated rings. The van der Waals surface area contributed by atoms with Crippen LogP contribution in [0.5, 0.6) is 0 Å². The number of sulfonamides is 1. The van der Waals surface area contributed by atoms with Gasteiger partial charge in [-0.05, 0) is 54.3 Å². The number of carbonyl (C=O) groups is 1. The molecular weight excluding hydrogens is 336 g/mol. The van der Waals surface area contributed by atoms with Gasteiger partial charge in [0, 0.05) is 25.3 Å². The number of amides is 1. The number of fused-ring (bicyclic) bond motifs is 1. The molecule has 0 aliphatic heterocycles. The number of carbonyl (C=O) groups excluding carboxylic acids is 1. The molecule has 2 aromatic carbocycles. The van der Waals surface area contributed by atoms with E-state index >= 15 is 0 Å². The summed E-state index contributed by atoms with van der Waals surface area (Å²) in [7, 11) is -0.267. The Morgan fingerprint density at radius 2 is 1.68 bits per heavy atom. The van der Waals surface area contributed by atoms with E-state index < -0.39 is 10.0 Å². The van der Waals surface area contributed by atoms with E-state index in [4.69, 9.17) is 0 Å². The molecule has 0 aromatic heterocycles. The molecule has 1 aliphatic rings. The van der Waals surface area contributed by atoms with Crippen molar-refractivity contribution in [2.45, 2.75) is 12.8 Å². The number of hydrogen-bond acceptors (Lipinski definition) is 3. The van der Waals surface area contributed by atoms with Gasteiger partial charge in [0.1, 0.15) is 0 Å². The minimum absolute atomic E-state index is 0.124. The lowest BCUT2D eigenvalue weighted by molar-refractivity contribution is 0.0827. The first kappa shape index (κ1) is 17.2. The van der Waals surface area contributed by atoms with Gasteiger partial charge in [0.15, 0.2) is 0 Å². The Labute approximate surface area is 148 Å². The minimum atomic E-state index is -3.61. The third kappa shape index (κ3) is 3.74. The van der Waals surface area contributed by atoms with Gasteiger partial charge in [-0.2, -0.15) is 0 Å². The third-order valence-electron chi connectivity index (χ3n) is 4.15. The zero-order valence-corrected chi connectivity index (χ0v) is 15.0. The van der Waals surface area contributed by atoms with Crippen LogP contribution in [-0.4, -0.2) is 33.3 Å². The molecule has 0 bridgehead atoms. The molecule has 5 nitrogen and oxygen atoms in total. The molecule has 130 valence electrons. The maximum atomic E-state index is 12.6. The van der Waals surface area contributed by atoms with E-state index in [0.717, 1.165) is 11.1 Å². The van der Waals surface area contributed by atoms with Crippen molar-refractivity contribution in [1.29, 1.82) is 0 Å². The Hall–Kier alpha value is -2.60. The summed E-state index contributed by atoms with van der Waals surface area (Å²) in [6.45, 7) is 0. The fourth-order valence-corrected chi connectivity index (χ4v) is 4.01. The summed E-state index contributed by atoms with van der Waals surface area (Å²) in [4.78, 5) is 13.7. The van der Waals surface area contributed by atoms with Gasteiger partial charge in [0.25, 0.3) is 15.9 Å². The highest BCUT2D eigenvalue weighted by Crippen LogP contribution is 2.28. The van der Waals surface area contributed by atoms with E-state index in [9.17, 15) is 13.2 Å². The van der Waals surface area contributed by atoms with Crippen LogP contribution in [-0.2, 0) is 16.4 Å². The molecule has 1 amide bonds. The van der Waals surface area contributed by atoms with Gasteiger partial charge in [-0.25, -0.2) is 8.42 Å². The Morgan fingerprint density at radius 3 is 2.36 bits per heavy atom. The molecule has 0 saturated carbocycles. The topological polar surface area (TPSA) is 66.5 Å². The number of rotatable bonds is 4. The van der Waals surface area contributed by atoms with Crippen molar-refractivity contribution >= 4 is 27.7 Å². The number of nitrogens with zero attached hydrogens (tertiary/aromatic N) is 1. The molecule has 0 unspecified atom stereocenters. The molecule has 0 radical (unpaired) electrons. The maximum Gasteiger partial charge on any atom is 0.258 e. The van der Waals surface area contributed by atoms with Crippen LogP contribution in [0.25, 0.3) is 6.08 Å². The van der Waals surface area contributed by atoms with Crippen LogP contribution in [0, 0.1) is 0 Å². The van der Waals surface area contributed by atoms with Crippen LogP contribution in [0.4, 0.5) is 5.69 Å². The predicted octanol–water partition coefficient (Wildman–Crippen LogP) is 3.12. The summed E-state index contributed by atoms with van der Waals surface area (Å²) in [5.41, 5.74) is 3.06. The highest BCUT2D eigenvalue weighted by Gasteiger charge is 2.21. The lowest BCUT2D eigenvalue weighted by Gasteiger charge is -2.17. The predicted molar refractivity (Wildman–Crippen MR) is 99.7 cm³/mol. The molecule has 0 saturated heterocycles. The van der Waals surface area contributed by atoms with Gasteiger partial charge in [-0.3, -0.25) is 9.52 Å². The van der Waals surface area contributed by atoms with E-state index in [0.29, 0.717) is 29.0 Å². The Bertz CT molecular complexity index is 929. The molecule has 2 aromatic rings. The fraction of sp³-hybridized carbons (Fsp3) is 0.211. The summed E-state index contributed by atoms with van der Waals surface area (Å²) in [6, 6.07) is 14.2. The van der Waals surface area contributed by atoms with Crippen molar-refractivity contribution in [3.8, 4) is 0 Å². The maximum absolute atomic E-state index is 12.6. The van der Waals surface area contributed by atoms with E-state index in [2.05, 4.69) is 4.72 Å². The zero-order chi connectivity index (χ0) is 18.0. The highest BCUT2D eigenvalue weighted by atomic mass is 32.2. The van der Waals surface area contributed by atoms with Gasteiger partial charge >= 0.3 is 0 Å². The molecular formula is C19H20N2O3S. The van der Waals surface area contributed by atoms with Crippen LogP contribution in [0.3, 0.4) is 0 Å². The lowest BCUT2D eigenvalue weighted by atomic mass is 9.98. The van der Waals surface area contributed by atoms with Gasteiger partial charge in [-0.15, -0.1) is 0 Å². The number of anilines is 1. The standard InChI is InChI=1S/C19H20N2O3S/c1-21(2)19(22)15-7-10-17(11-8-15)20-25(23,24)18-12-9-14-5-3-4-6-16(14)13-18/h3-8,10-11,13,20H,9,12H2,1-2H3. The van der Waals surface area contributed by atoms with Crippen molar-refractivity contribution < 1.29 is 13.2 Å². The smallest absolute Gasteiger partial charge is 0.258 e. The van der Waals surface area contributed by atoms with Gasteiger partial charge < -0.3 is 4.90 Å². The third-order valence-corrected chi connectivity index (χ3v) is 5.66. The van der Waals surface area contributed by atoms with Crippen molar-refractivity contribution in [1.82, 2.24) is 4.90 Å². The van der Waals surface area contributed by atoms with E-state index in [1.807, 2.05) is 24.3 Å². The molecule has 25 heavy (non-hydrogen) atoms. The van der Waals surface area contributed by atoms with E-state index in [1.54, 1.807) is 44.4 Å². The van der Waals surface area contributed by atoms with Crippen molar-refractivity contribution in [3.63, 3.8) is 0 Å². The van der Waals surface area contributed by atoms with Crippen molar-refractivity contribution in [2.24, 2.45) is 0 Å². The van der Waals surface area contributed by atoms with Crippen molar-refractivity contribution in [3.05, 3.63) is 70.1 Å². The van der Waals surface area contributed by atoms with E-state index in [-0.39, 0.29) is 5.91 Å². The quantitative estimate of drug-likeness (QED) is 0.915. The second-order valence-electron chi connectivity index (χ2n) is 6.19. The fourth-order valence-electron chi connectivity index (χ4n) is 2.78. The number of nitrogens with one attached hydrogen (secondary N) is 1. The van der Waals surface area contributed by atoms with Crippen LogP contribution >= 0.6 is 0 Å². The van der Waals surface area contributed by atoms with Crippen LogP contribution < -0.4 is 4.72 Å². The minimum Gasteiger partial charge on any atom is -0.345 e. The molecule has 3 rings (SSSR count). The monoisotopic (exact) mass is 356 g/mol. The average molecular weight is 356 g/mol. The van der Waals surface area contributed by atoms with Crippen molar-refractivity contribution in [2.75, 3.05) is 18.8 Å². The second kappa shape index (κ2) is 6.72. The van der Waals surface area contributed by atoms with Gasteiger partial charge in [-0.1, -0.05) is 24.3 Å². The first-order valence-corrected chi connectivity index (χ1v) is 9.48. The summed E-state index contributed by atoms with van der Waals surface area (Å²) in [5.74, 6) is -0.124. The average Bonchev–Trinajstić information content (AvgIpc) is 2.61. The SMILES string of the molecule is CN(C)C(=O)c1ccc(NS(=O)(=O)C2=Cc3ccccc3CC2)cc1. The van der Waals surface area contributed by atoms with E-state index in [1.165, 1.54) is 4.90 Å². The summed E-state index contributed by atoms with van der Waals surface area (Å²) < 4.78 is 27.9. The molecule has 6 heteroatoms. The summed E-state index contributed by atoms with van der Waals surface area (Å²) in [6.07, 6.45) is 2.91. The van der Waals surface area contributed by atoms with Crippen LogP contribution in [0.2, 0.25) is 0 Å². The molecule has 1 aliphatic carbocycles. The normalized spacial score (nSPS) is 13.6. The van der Waals surface area contributed by atoms with Crippen LogP contribution in [0.1, 0.15) is 27.9 Å². The van der Waals surface area contributed by atoms with Gasteiger partial charge in [0.05, 0.1) is 4.91 Å². The molecule has 0 heterocycles. The molecule has 0 atom stereocenters.